The van der Waals surface area contributed by atoms with Gasteiger partial charge in [-0.2, -0.15) is 0 Å². The first kappa shape index (κ1) is 14.3. The lowest BCUT2D eigenvalue weighted by Crippen LogP contribution is -2.30. The van der Waals surface area contributed by atoms with Crippen LogP contribution in [0.25, 0.3) is 0 Å². The van der Waals surface area contributed by atoms with Gasteiger partial charge in [0.05, 0.1) is 5.25 Å². The molecule has 0 aromatic heterocycles. The van der Waals surface area contributed by atoms with Crippen molar-refractivity contribution in [3.8, 4) is 0 Å². The van der Waals surface area contributed by atoms with Crippen LogP contribution in [0.3, 0.4) is 0 Å². The summed E-state index contributed by atoms with van der Waals surface area (Å²) in [6.07, 6.45) is 4.45. The Balaban J connectivity index is 2.12. The summed E-state index contributed by atoms with van der Waals surface area (Å²) < 4.78 is 24.5. The zero-order valence-corrected chi connectivity index (χ0v) is 12.1. The van der Waals surface area contributed by atoms with Crippen LogP contribution in [0.4, 0.5) is 0 Å². The Morgan fingerprint density at radius 1 is 1.16 bits per heavy atom. The summed E-state index contributed by atoms with van der Waals surface area (Å²) in [5.41, 5.74) is 1.37. The van der Waals surface area contributed by atoms with Gasteiger partial charge in [-0.15, -0.1) is 0 Å². The Kier molecular flexibility index (Phi) is 4.40. The molecule has 0 bridgehead atoms. The first-order chi connectivity index (χ1) is 9.00. The summed E-state index contributed by atoms with van der Waals surface area (Å²) in [5, 5.41) is -0.311. The van der Waals surface area contributed by atoms with Gasteiger partial charge in [0.25, 0.3) is 0 Å². The minimum Gasteiger partial charge on any atom is -0.293 e. The predicted molar refractivity (Wildman–Crippen MR) is 76.2 cm³/mol. The third-order valence-corrected chi connectivity index (χ3v) is 5.99. The molecule has 0 spiro atoms. The number of carbonyl (C=O) groups excluding carboxylic acids is 1. The van der Waals surface area contributed by atoms with Crippen molar-refractivity contribution >= 4 is 15.6 Å². The summed E-state index contributed by atoms with van der Waals surface area (Å²) in [6.45, 7) is 1.83. The summed E-state index contributed by atoms with van der Waals surface area (Å²) >= 11 is 0. The van der Waals surface area contributed by atoms with Gasteiger partial charge in [-0.3, -0.25) is 4.79 Å². The third kappa shape index (κ3) is 3.44. The Morgan fingerprint density at radius 2 is 1.79 bits per heavy atom. The first-order valence-corrected chi connectivity index (χ1v) is 8.52. The maximum Gasteiger partial charge on any atom is 0.178 e. The molecule has 0 saturated heterocycles. The van der Waals surface area contributed by atoms with Crippen LogP contribution in [0.15, 0.2) is 24.3 Å². The van der Waals surface area contributed by atoms with Gasteiger partial charge in [0.15, 0.2) is 15.6 Å². The fraction of sp³-hybridized carbons (Fsp3) is 0.533. The van der Waals surface area contributed by atoms with Gasteiger partial charge in [-0.25, -0.2) is 8.42 Å². The zero-order chi connectivity index (χ0) is 13.9. The normalized spacial score (nSPS) is 17.3. The molecule has 0 aliphatic heterocycles. The van der Waals surface area contributed by atoms with Crippen LogP contribution in [0, 0.1) is 6.92 Å². The van der Waals surface area contributed by atoms with Gasteiger partial charge >= 0.3 is 0 Å². The molecule has 0 radical (unpaired) electrons. The van der Waals surface area contributed by atoms with Gasteiger partial charge in [0.2, 0.25) is 0 Å². The molecule has 104 valence electrons. The third-order valence-electron chi connectivity index (χ3n) is 3.84. The Labute approximate surface area is 114 Å². The minimum absolute atomic E-state index is 0.274. The number of sulfone groups is 1. The number of hydrogen-bond acceptors (Lipinski definition) is 3. The topological polar surface area (TPSA) is 51.2 Å². The van der Waals surface area contributed by atoms with Crippen molar-refractivity contribution < 1.29 is 13.2 Å². The number of hydrogen-bond donors (Lipinski definition) is 0. The molecule has 1 aliphatic carbocycles. The largest absolute Gasteiger partial charge is 0.293 e. The van der Waals surface area contributed by atoms with Crippen molar-refractivity contribution in [2.45, 2.75) is 44.3 Å². The molecule has 19 heavy (non-hydrogen) atoms. The van der Waals surface area contributed by atoms with Gasteiger partial charge in [-0.05, 0) is 25.3 Å². The van der Waals surface area contributed by atoms with Crippen LogP contribution in [0.1, 0.15) is 48.0 Å². The van der Waals surface area contributed by atoms with Gasteiger partial charge < -0.3 is 0 Å². The second-order valence-corrected chi connectivity index (χ2v) is 7.59. The number of benzene rings is 1. The lowest BCUT2D eigenvalue weighted by Gasteiger charge is -2.21. The van der Waals surface area contributed by atoms with Crippen LogP contribution in [0.5, 0.6) is 0 Å². The molecular formula is C15H20O3S. The van der Waals surface area contributed by atoms with E-state index in [-0.39, 0.29) is 16.8 Å². The Morgan fingerprint density at radius 3 is 2.42 bits per heavy atom. The summed E-state index contributed by atoms with van der Waals surface area (Å²) in [4.78, 5) is 12.1. The lowest BCUT2D eigenvalue weighted by atomic mass is 10.0. The van der Waals surface area contributed by atoms with Crippen molar-refractivity contribution in [2.75, 3.05) is 5.75 Å². The Bertz CT molecular complexity index is 555. The molecule has 2 rings (SSSR count). The molecule has 1 aromatic rings. The highest BCUT2D eigenvalue weighted by molar-refractivity contribution is 7.92. The van der Waals surface area contributed by atoms with Crippen LogP contribution in [-0.2, 0) is 9.84 Å². The number of carbonyl (C=O) groups is 1. The standard InChI is InChI=1S/C15H20O3S/c1-12-7-5-6-10-14(12)15(16)11-19(17,18)13-8-3-2-4-9-13/h5-7,10,13H,2-4,8-9,11H2,1H3. The van der Waals surface area contributed by atoms with Crippen molar-refractivity contribution in [3.63, 3.8) is 0 Å². The van der Waals surface area contributed by atoms with E-state index in [1.54, 1.807) is 12.1 Å². The van der Waals surface area contributed by atoms with E-state index in [0.717, 1.165) is 24.8 Å². The molecule has 3 nitrogen and oxygen atoms in total. The van der Waals surface area contributed by atoms with Gasteiger partial charge in [0.1, 0.15) is 5.75 Å². The highest BCUT2D eigenvalue weighted by atomic mass is 32.2. The van der Waals surface area contributed by atoms with Crippen LogP contribution >= 0.6 is 0 Å². The molecule has 0 heterocycles. The zero-order valence-electron chi connectivity index (χ0n) is 11.3. The fourth-order valence-corrected chi connectivity index (χ4v) is 4.50. The van der Waals surface area contributed by atoms with Crippen molar-refractivity contribution in [3.05, 3.63) is 35.4 Å². The van der Waals surface area contributed by atoms with Gasteiger partial charge in [0, 0.05) is 5.56 Å². The average Bonchev–Trinajstić information content (AvgIpc) is 2.39. The van der Waals surface area contributed by atoms with E-state index in [1.807, 2.05) is 19.1 Å². The number of aryl methyl sites for hydroxylation is 1. The molecule has 1 fully saturated rings. The van der Waals surface area contributed by atoms with Crippen molar-refractivity contribution in [1.82, 2.24) is 0 Å². The second kappa shape index (κ2) is 5.87. The Hall–Kier alpha value is -1.16. The smallest absolute Gasteiger partial charge is 0.178 e. The van der Waals surface area contributed by atoms with E-state index in [9.17, 15) is 13.2 Å². The fourth-order valence-electron chi connectivity index (χ4n) is 2.69. The summed E-state index contributed by atoms with van der Waals surface area (Å²) in [5.74, 6) is -0.619. The summed E-state index contributed by atoms with van der Waals surface area (Å²) in [7, 11) is -3.30. The van der Waals surface area contributed by atoms with E-state index in [0.29, 0.717) is 18.4 Å². The summed E-state index contributed by atoms with van der Waals surface area (Å²) in [6, 6.07) is 7.16. The monoisotopic (exact) mass is 280 g/mol. The van der Waals surface area contributed by atoms with Crippen LogP contribution in [0.2, 0.25) is 0 Å². The molecule has 0 atom stereocenters. The van der Waals surface area contributed by atoms with E-state index < -0.39 is 9.84 Å². The molecule has 4 heteroatoms. The molecule has 1 saturated carbocycles. The molecular weight excluding hydrogens is 260 g/mol. The second-order valence-electron chi connectivity index (χ2n) is 5.31. The van der Waals surface area contributed by atoms with E-state index in [1.165, 1.54) is 0 Å². The first-order valence-electron chi connectivity index (χ1n) is 6.81. The van der Waals surface area contributed by atoms with E-state index in [2.05, 4.69) is 0 Å². The van der Waals surface area contributed by atoms with Crippen LogP contribution < -0.4 is 0 Å². The predicted octanol–water partition coefficient (Wildman–Crippen LogP) is 2.93. The molecule has 0 N–H and O–H groups in total. The quantitative estimate of drug-likeness (QED) is 0.797. The maximum absolute atomic E-state index is 12.3. The minimum atomic E-state index is -3.30. The molecule has 0 unspecified atom stereocenters. The average molecular weight is 280 g/mol. The highest BCUT2D eigenvalue weighted by Gasteiger charge is 2.29. The van der Waals surface area contributed by atoms with E-state index in [4.69, 9.17) is 0 Å². The number of rotatable bonds is 4. The van der Waals surface area contributed by atoms with Crippen molar-refractivity contribution in [1.29, 1.82) is 0 Å². The SMILES string of the molecule is Cc1ccccc1C(=O)CS(=O)(=O)C1CCCCC1. The van der Waals surface area contributed by atoms with E-state index >= 15 is 0 Å². The lowest BCUT2D eigenvalue weighted by molar-refractivity contribution is 0.102. The number of ketones is 1. The maximum atomic E-state index is 12.3. The molecule has 0 amide bonds. The van der Waals surface area contributed by atoms with Crippen LogP contribution in [-0.4, -0.2) is 25.2 Å². The number of Topliss-reactive ketones (excluding diaryl/α,β-unsaturated/α-hetero) is 1. The molecule has 1 aromatic carbocycles. The van der Waals surface area contributed by atoms with Gasteiger partial charge in [-0.1, -0.05) is 43.5 Å². The highest BCUT2D eigenvalue weighted by Crippen LogP contribution is 2.25. The molecule has 1 aliphatic rings. The van der Waals surface area contributed by atoms with Crippen molar-refractivity contribution in [2.24, 2.45) is 0 Å².